The molecule has 1 aliphatic heterocycles. The van der Waals surface area contributed by atoms with Crippen LogP contribution in [-0.2, 0) is 0 Å². The highest BCUT2D eigenvalue weighted by atomic mass is 19.4. The Balaban J connectivity index is 1.77. The van der Waals surface area contributed by atoms with E-state index in [0.29, 0.717) is 11.5 Å². The van der Waals surface area contributed by atoms with Crippen molar-refractivity contribution in [2.75, 3.05) is 19.7 Å². The molecule has 0 fully saturated rings. The Morgan fingerprint density at radius 3 is 2.68 bits per heavy atom. The minimum atomic E-state index is -4.61. The summed E-state index contributed by atoms with van der Waals surface area (Å²) in [7, 11) is 0. The summed E-state index contributed by atoms with van der Waals surface area (Å²) < 4.78 is 47.2. The number of benzene rings is 1. The van der Waals surface area contributed by atoms with Gasteiger partial charge in [-0.25, -0.2) is 0 Å². The van der Waals surface area contributed by atoms with Gasteiger partial charge >= 0.3 is 6.18 Å². The molecule has 4 nitrogen and oxygen atoms in total. The van der Waals surface area contributed by atoms with Gasteiger partial charge in [0, 0.05) is 13.1 Å². The highest BCUT2D eigenvalue weighted by molar-refractivity contribution is 5.40. The van der Waals surface area contributed by atoms with E-state index < -0.39 is 18.8 Å². The number of aliphatic hydroxyl groups excluding tert-OH is 1. The number of rotatable bonds is 4. The van der Waals surface area contributed by atoms with Crippen LogP contribution in [0, 0.1) is 0 Å². The van der Waals surface area contributed by atoms with E-state index in [0.717, 1.165) is 0 Å². The maximum absolute atomic E-state index is 12.1. The predicted octanol–water partition coefficient (Wildman–Crippen LogP) is 1.34. The summed E-state index contributed by atoms with van der Waals surface area (Å²) in [6.45, 7) is -0.140. The second-order valence-corrected chi connectivity index (χ2v) is 4.21. The van der Waals surface area contributed by atoms with Gasteiger partial charge in [0.15, 0.2) is 17.6 Å². The molecule has 1 aromatic carbocycles. The molecule has 0 saturated carbocycles. The molecule has 0 unspecified atom stereocenters. The van der Waals surface area contributed by atoms with Crippen molar-refractivity contribution in [3.8, 4) is 11.5 Å². The lowest BCUT2D eigenvalue weighted by Gasteiger charge is -2.27. The third kappa shape index (κ3) is 3.74. The quantitative estimate of drug-likeness (QED) is 0.872. The van der Waals surface area contributed by atoms with Gasteiger partial charge in [0.25, 0.3) is 0 Å². The number of alkyl halides is 3. The van der Waals surface area contributed by atoms with Crippen molar-refractivity contribution < 1.29 is 27.8 Å². The van der Waals surface area contributed by atoms with Gasteiger partial charge in [-0.1, -0.05) is 12.1 Å². The summed E-state index contributed by atoms with van der Waals surface area (Å²) in [5, 5.41) is 11.3. The lowest BCUT2D eigenvalue weighted by atomic mass is 10.2. The predicted molar refractivity (Wildman–Crippen MR) is 61.3 cm³/mol. The van der Waals surface area contributed by atoms with Crippen LogP contribution in [0.1, 0.15) is 0 Å². The van der Waals surface area contributed by atoms with E-state index in [1.165, 1.54) is 0 Å². The van der Waals surface area contributed by atoms with E-state index in [2.05, 4.69) is 5.32 Å². The van der Waals surface area contributed by atoms with Crippen LogP contribution in [0.15, 0.2) is 24.3 Å². The first-order valence-corrected chi connectivity index (χ1v) is 5.81. The largest absolute Gasteiger partial charge is 0.486 e. The molecule has 0 amide bonds. The van der Waals surface area contributed by atoms with Crippen molar-refractivity contribution in [3.05, 3.63) is 24.3 Å². The van der Waals surface area contributed by atoms with E-state index in [1.807, 2.05) is 0 Å². The fourth-order valence-corrected chi connectivity index (χ4v) is 1.66. The minimum Gasteiger partial charge on any atom is -0.486 e. The van der Waals surface area contributed by atoms with Gasteiger partial charge in [-0.3, -0.25) is 0 Å². The molecule has 19 heavy (non-hydrogen) atoms. The van der Waals surface area contributed by atoms with Crippen molar-refractivity contribution >= 4 is 0 Å². The second-order valence-electron chi connectivity index (χ2n) is 4.21. The van der Waals surface area contributed by atoms with Crippen LogP contribution < -0.4 is 14.8 Å². The molecule has 7 heteroatoms. The zero-order valence-corrected chi connectivity index (χ0v) is 9.98. The van der Waals surface area contributed by atoms with Crippen LogP contribution in [0.25, 0.3) is 0 Å². The monoisotopic (exact) mass is 277 g/mol. The van der Waals surface area contributed by atoms with Crippen LogP contribution in [0.4, 0.5) is 13.2 Å². The number of halogens is 3. The molecule has 1 aliphatic rings. The zero-order chi connectivity index (χ0) is 13.9. The standard InChI is InChI=1S/C12H14F3NO3/c13-12(14,15)11(17)6-16-5-8-7-18-9-3-1-2-4-10(9)19-8/h1-4,8,11,16-17H,5-7H2/t8-,11+/m0/s1. The van der Waals surface area contributed by atoms with Gasteiger partial charge < -0.3 is 19.9 Å². The zero-order valence-electron chi connectivity index (χ0n) is 9.98. The first kappa shape index (κ1) is 14.0. The summed E-state index contributed by atoms with van der Waals surface area (Å²) in [4.78, 5) is 0. The fourth-order valence-electron chi connectivity index (χ4n) is 1.66. The van der Waals surface area contributed by atoms with Crippen LogP contribution in [-0.4, -0.2) is 43.2 Å². The topological polar surface area (TPSA) is 50.7 Å². The summed E-state index contributed by atoms with van der Waals surface area (Å²) in [5.41, 5.74) is 0. The number of ether oxygens (including phenoxy) is 2. The van der Waals surface area contributed by atoms with Gasteiger partial charge in [-0.15, -0.1) is 0 Å². The van der Waals surface area contributed by atoms with Gasteiger partial charge in [-0.2, -0.15) is 13.2 Å². The Labute approximate surface area is 108 Å². The summed E-state index contributed by atoms with van der Waals surface area (Å²) >= 11 is 0. The molecule has 2 rings (SSSR count). The average molecular weight is 277 g/mol. The SMILES string of the molecule is O[C@H](CNC[C@H]1COc2ccccc2O1)C(F)(F)F. The normalized spacial score (nSPS) is 20.1. The fraction of sp³-hybridized carbons (Fsp3) is 0.500. The summed E-state index contributed by atoms with van der Waals surface area (Å²) in [6, 6.07) is 7.07. The molecule has 0 radical (unpaired) electrons. The smallest absolute Gasteiger partial charge is 0.415 e. The number of hydrogen-bond donors (Lipinski definition) is 2. The van der Waals surface area contributed by atoms with Gasteiger partial charge in [0.05, 0.1) is 0 Å². The first-order chi connectivity index (χ1) is 8.97. The van der Waals surface area contributed by atoms with E-state index in [9.17, 15) is 13.2 Å². The number of para-hydroxylation sites is 2. The minimum absolute atomic E-state index is 0.168. The summed E-state index contributed by atoms with van der Waals surface area (Å²) in [5.74, 6) is 1.19. The highest BCUT2D eigenvalue weighted by Gasteiger charge is 2.37. The van der Waals surface area contributed by atoms with Crippen LogP contribution >= 0.6 is 0 Å². The molecular formula is C12H14F3NO3. The molecule has 1 aromatic rings. The molecule has 0 aromatic heterocycles. The second kappa shape index (κ2) is 5.66. The molecular weight excluding hydrogens is 263 g/mol. The van der Waals surface area contributed by atoms with E-state index in [4.69, 9.17) is 14.6 Å². The van der Waals surface area contributed by atoms with E-state index >= 15 is 0 Å². The van der Waals surface area contributed by atoms with E-state index in [-0.39, 0.29) is 19.3 Å². The molecule has 0 bridgehead atoms. The molecule has 2 N–H and O–H groups in total. The third-order valence-electron chi connectivity index (χ3n) is 2.66. The van der Waals surface area contributed by atoms with Crippen LogP contribution in [0.2, 0.25) is 0 Å². The number of aliphatic hydroxyl groups is 1. The van der Waals surface area contributed by atoms with Gasteiger partial charge in [-0.05, 0) is 12.1 Å². The number of fused-ring (bicyclic) bond motifs is 1. The number of hydrogen-bond acceptors (Lipinski definition) is 4. The molecule has 2 atom stereocenters. The third-order valence-corrected chi connectivity index (χ3v) is 2.66. The molecule has 1 heterocycles. The molecule has 0 saturated heterocycles. The maximum atomic E-state index is 12.1. The maximum Gasteiger partial charge on any atom is 0.415 e. The van der Waals surface area contributed by atoms with Crippen LogP contribution in [0.5, 0.6) is 11.5 Å². The Morgan fingerprint density at radius 1 is 1.32 bits per heavy atom. The lowest BCUT2D eigenvalue weighted by Crippen LogP contribution is -2.44. The van der Waals surface area contributed by atoms with Gasteiger partial charge in [0.2, 0.25) is 0 Å². The van der Waals surface area contributed by atoms with Crippen LogP contribution in [0.3, 0.4) is 0 Å². The molecule has 0 spiro atoms. The Morgan fingerprint density at radius 2 is 2.00 bits per heavy atom. The lowest BCUT2D eigenvalue weighted by molar-refractivity contribution is -0.202. The van der Waals surface area contributed by atoms with Gasteiger partial charge in [0.1, 0.15) is 12.7 Å². The average Bonchev–Trinajstić information content (AvgIpc) is 2.37. The molecule has 106 valence electrons. The number of nitrogens with one attached hydrogen (secondary N) is 1. The van der Waals surface area contributed by atoms with Crippen molar-refractivity contribution in [3.63, 3.8) is 0 Å². The molecule has 0 aliphatic carbocycles. The first-order valence-electron chi connectivity index (χ1n) is 5.81. The highest BCUT2D eigenvalue weighted by Crippen LogP contribution is 2.30. The van der Waals surface area contributed by atoms with Crippen molar-refractivity contribution in [2.24, 2.45) is 0 Å². The van der Waals surface area contributed by atoms with E-state index in [1.54, 1.807) is 24.3 Å². The Bertz CT molecular complexity index is 425. The van der Waals surface area contributed by atoms with Crippen molar-refractivity contribution in [1.82, 2.24) is 5.32 Å². The Hall–Kier alpha value is -1.47. The Kier molecular flexibility index (Phi) is 4.16. The van der Waals surface area contributed by atoms with Crippen molar-refractivity contribution in [1.29, 1.82) is 0 Å². The summed E-state index contributed by atoms with van der Waals surface area (Å²) in [6.07, 6.45) is -7.36. The van der Waals surface area contributed by atoms with Crippen molar-refractivity contribution in [2.45, 2.75) is 18.4 Å².